The molecule has 1 heterocycles. The van der Waals surface area contributed by atoms with Gasteiger partial charge in [0, 0.05) is 22.7 Å². The Morgan fingerprint density at radius 1 is 0.667 bits per heavy atom. The second kappa shape index (κ2) is 6.92. The van der Waals surface area contributed by atoms with Crippen molar-refractivity contribution in [2.75, 3.05) is 0 Å². The molecule has 0 spiro atoms. The van der Waals surface area contributed by atoms with Crippen LogP contribution in [0.25, 0.3) is 32.9 Å². The molecule has 0 bridgehead atoms. The zero-order valence-electron chi connectivity index (χ0n) is 15.0. The number of para-hydroxylation sites is 1. The minimum absolute atomic E-state index is 1.04. The minimum Gasteiger partial charge on any atom is -0.354 e. The topological polar surface area (TPSA) is 15.8 Å². The number of H-pyrrole nitrogens is 1. The first-order valence-electron chi connectivity index (χ1n) is 9.02. The molecule has 1 N–H and O–H groups in total. The molecule has 1 aliphatic rings. The Balaban J connectivity index is 0.000000396. The van der Waals surface area contributed by atoms with Gasteiger partial charge >= 0.3 is 0 Å². The Hall–Kier alpha value is -2.54. The highest BCUT2D eigenvalue weighted by Crippen LogP contribution is 2.41. The Kier molecular flexibility index (Phi) is 4.71. The molecule has 0 aliphatic heterocycles. The summed E-state index contributed by atoms with van der Waals surface area (Å²) in [5.41, 5.74) is 8.20. The highest BCUT2D eigenvalue weighted by Gasteiger charge is 2.21. The van der Waals surface area contributed by atoms with Crippen LogP contribution in [0.1, 0.15) is 38.8 Å². The molecular formula is C23H25N. The van der Waals surface area contributed by atoms with Crippen molar-refractivity contribution in [3.63, 3.8) is 0 Å². The molecule has 0 saturated carbocycles. The normalized spacial score (nSPS) is 11.2. The van der Waals surface area contributed by atoms with Crippen LogP contribution in [0.2, 0.25) is 0 Å². The summed E-state index contributed by atoms with van der Waals surface area (Å²) >= 11 is 0. The van der Waals surface area contributed by atoms with Crippen LogP contribution in [0.15, 0.2) is 60.7 Å². The van der Waals surface area contributed by atoms with E-state index in [-0.39, 0.29) is 0 Å². The van der Waals surface area contributed by atoms with Crippen LogP contribution in [-0.2, 0) is 6.42 Å². The van der Waals surface area contributed by atoms with Crippen molar-refractivity contribution in [2.24, 2.45) is 0 Å². The fourth-order valence-electron chi connectivity index (χ4n) is 3.54. The van der Waals surface area contributed by atoms with Gasteiger partial charge in [0.05, 0.1) is 5.52 Å². The van der Waals surface area contributed by atoms with Crippen molar-refractivity contribution in [3.05, 3.63) is 71.8 Å². The average Bonchev–Trinajstić information content (AvgIpc) is 3.23. The maximum atomic E-state index is 3.61. The summed E-state index contributed by atoms with van der Waals surface area (Å²) in [6.45, 7) is 8.00. The van der Waals surface area contributed by atoms with Crippen molar-refractivity contribution < 1.29 is 0 Å². The monoisotopic (exact) mass is 315 g/mol. The Labute approximate surface area is 144 Å². The molecule has 0 radical (unpaired) electrons. The molecule has 1 aromatic heterocycles. The number of hydrogen-bond acceptors (Lipinski definition) is 0. The van der Waals surface area contributed by atoms with E-state index in [0.717, 1.165) is 6.42 Å². The van der Waals surface area contributed by atoms with Crippen LogP contribution in [0.3, 0.4) is 0 Å². The minimum atomic E-state index is 1.04. The number of nitrogens with one attached hydrogen (secondary N) is 1. The molecule has 0 fully saturated rings. The zero-order chi connectivity index (χ0) is 17.1. The molecule has 122 valence electrons. The van der Waals surface area contributed by atoms with Gasteiger partial charge in [-0.1, -0.05) is 82.3 Å². The van der Waals surface area contributed by atoms with E-state index >= 15 is 0 Å². The number of hydrogen-bond donors (Lipinski definition) is 1. The molecule has 1 aliphatic carbocycles. The van der Waals surface area contributed by atoms with Gasteiger partial charge in [-0.05, 0) is 28.3 Å². The van der Waals surface area contributed by atoms with Crippen LogP contribution < -0.4 is 0 Å². The molecule has 0 saturated heterocycles. The first-order chi connectivity index (χ1) is 11.9. The van der Waals surface area contributed by atoms with Gasteiger partial charge in [0.25, 0.3) is 0 Å². The Morgan fingerprint density at radius 3 is 2.21 bits per heavy atom. The second-order valence-corrected chi connectivity index (χ2v) is 5.52. The predicted octanol–water partition coefficient (Wildman–Crippen LogP) is 6.94. The van der Waals surface area contributed by atoms with Gasteiger partial charge in [-0.15, -0.1) is 0 Å². The molecule has 0 unspecified atom stereocenters. The summed E-state index contributed by atoms with van der Waals surface area (Å²) in [6.07, 6.45) is 1.04. The van der Waals surface area contributed by atoms with E-state index in [4.69, 9.17) is 0 Å². The van der Waals surface area contributed by atoms with Gasteiger partial charge in [0.2, 0.25) is 0 Å². The maximum Gasteiger partial charge on any atom is 0.0507 e. The standard InChI is InChI=1S/C19H13N.2C2H6/c1-2-6-13-12(5-1)11-17-14(13)9-10-16-15-7-3-4-8-18(15)20-19(16)17;2*1-2/h1-10,20H,11H2;2*1-2H3. The fraction of sp³-hybridized carbons (Fsp3) is 0.217. The fourth-order valence-corrected chi connectivity index (χ4v) is 3.54. The van der Waals surface area contributed by atoms with Gasteiger partial charge in [0.1, 0.15) is 0 Å². The lowest BCUT2D eigenvalue weighted by molar-refractivity contribution is 1.27. The number of aromatic amines is 1. The van der Waals surface area contributed by atoms with E-state index in [2.05, 4.69) is 65.6 Å². The van der Waals surface area contributed by atoms with Crippen LogP contribution >= 0.6 is 0 Å². The van der Waals surface area contributed by atoms with Crippen LogP contribution in [0, 0.1) is 0 Å². The highest BCUT2D eigenvalue weighted by atomic mass is 14.7. The summed E-state index contributed by atoms with van der Waals surface area (Å²) in [5.74, 6) is 0. The molecule has 0 atom stereocenters. The average molecular weight is 315 g/mol. The van der Waals surface area contributed by atoms with Gasteiger partial charge < -0.3 is 4.98 Å². The van der Waals surface area contributed by atoms with E-state index in [0.29, 0.717) is 0 Å². The van der Waals surface area contributed by atoms with Gasteiger partial charge in [-0.3, -0.25) is 0 Å². The summed E-state index contributed by atoms with van der Waals surface area (Å²) < 4.78 is 0. The molecule has 4 aromatic rings. The lowest BCUT2D eigenvalue weighted by Crippen LogP contribution is -1.82. The zero-order valence-corrected chi connectivity index (χ0v) is 15.0. The molecule has 3 aromatic carbocycles. The van der Waals surface area contributed by atoms with Crippen molar-refractivity contribution in [1.82, 2.24) is 4.98 Å². The molecule has 1 nitrogen and oxygen atoms in total. The quantitative estimate of drug-likeness (QED) is 0.318. The largest absolute Gasteiger partial charge is 0.354 e. The van der Waals surface area contributed by atoms with Crippen LogP contribution in [0.5, 0.6) is 0 Å². The molecule has 5 rings (SSSR count). The number of benzene rings is 3. The van der Waals surface area contributed by atoms with Gasteiger partial charge in [0.15, 0.2) is 0 Å². The first-order valence-corrected chi connectivity index (χ1v) is 9.02. The van der Waals surface area contributed by atoms with Crippen LogP contribution in [0.4, 0.5) is 0 Å². The molecule has 1 heteroatoms. The van der Waals surface area contributed by atoms with E-state index in [1.807, 2.05) is 27.7 Å². The molecular weight excluding hydrogens is 290 g/mol. The lowest BCUT2D eigenvalue weighted by atomic mass is 10.0. The van der Waals surface area contributed by atoms with Crippen molar-refractivity contribution in [1.29, 1.82) is 0 Å². The van der Waals surface area contributed by atoms with Crippen molar-refractivity contribution in [3.8, 4) is 11.1 Å². The molecule has 24 heavy (non-hydrogen) atoms. The van der Waals surface area contributed by atoms with Crippen molar-refractivity contribution in [2.45, 2.75) is 34.1 Å². The van der Waals surface area contributed by atoms with E-state index < -0.39 is 0 Å². The summed E-state index contributed by atoms with van der Waals surface area (Å²) in [4.78, 5) is 3.61. The molecule has 0 amide bonds. The third-order valence-electron chi connectivity index (χ3n) is 4.46. The van der Waals surface area contributed by atoms with Crippen LogP contribution in [-0.4, -0.2) is 4.98 Å². The summed E-state index contributed by atoms with van der Waals surface area (Å²) in [7, 11) is 0. The predicted molar refractivity (Wildman–Crippen MR) is 107 cm³/mol. The van der Waals surface area contributed by atoms with Crippen molar-refractivity contribution >= 4 is 21.8 Å². The maximum absolute atomic E-state index is 3.61. The SMILES string of the molecule is CC.CC.c1ccc2c(c1)Cc1c-2ccc2c1[nH]c1ccccc12. The van der Waals surface area contributed by atoms with Gasteiger partial charge in [-0.2, -0.15) is 0 Å². The Morgan fingerprint density at radius 2 is 1.38 bits per heavy atom. The third kappa shape index (κ3) is 2.41. The highest BCUT2D eigenvalue weighted by molar-refractivity contribution is 6.10. The summed E-state index contributed by atoms with van der Waals surface area (Å²) in [6, 6.07) is 21.8. The number of fused-ring (bicyclic) bond motifs is 7. The number of aromatic nitrogens is 1. The smallest absolute Gasteiger partial charge is 0.0507 e. The lowest BCUT2D eigenvalue weighted by Gasteiger charge is -2.01. The van der Waals surface area contributed by atoms with E-state index in [9.17, 15) is 0 Å². The number of rotatable bonds is 0. The Bertz CT molecular complexity index is 976. The van der Waals surface area contributed by atoms with E-state index in [1.165, 1.54) is 44.1 Å². The van der Waals surface area contributed by atoms with E-state index in [1.54, 1.807) is 0 Å². The second-order valence-electron chi connectivity index (χ2n) is 5.52. The third-order valence-corrected chi connectivity index (χ3v) is 4.46. The first kappa shape index (κ1) is 16.3. The summed E-state index contributed by atoms with van der Waals surface area (Å²) in [5, 5.41) is 2.66. The van der Waals surface area contributed by atoms with Gasteiger partial charge in [-0.25, -0.2) is 0 Å².